The second-order valence-corrected chi connectivity index (χ2v) is 3.45. The summed E-state index contributed by atoms with van der Waals surface area (Å²) in [6.45, 7) is 0. The second kappa shape index (κ2) is 3.02. The van der Waals surface area contributed by atoms with Crippen molar-refractivity contribution in [3.05, 3.63) is 18.7 Å². The summed E-state index contributed by atoms with van der Waals surface area (Å²) in [5.41, 5.74) is 7.81. The van der Waals surface area contributed by atoms with Gasteiger partial charge in [0.1, 0.15) is 17.7 Å². The molecule has 3 aromatic rings. The van der Waals surface area contributed by atoms with Gasteiger partial charge in [0, 0.05) is 13.2 Å². The van der Waals surface area contributed by atoms with Gasteiger partial charge in [-0.05, 0) is 0 Å². The van der Waals surface area contributed by atoms with Crippen molar-refractivity contribution in [2.24, 2.45) is 7.05 Å². The van der Waals surface area contributed by atoms with E-state index in [1.807, 2.05) is 13.2 Å². The zero-order chi connectivity index (χ0) is 11.1. The average molecular weight is 215 g/mol. The zero-order valence-corrected chi connectivity index (χ0v) is 8.55. The van der Waals surface area contributed by atoms with Gasteiger partial charge in [-0.15, -0.1) is 0 Å². The first-order chi connectivity index (χ1) is 7.74. The van der Waals surface area contributed by atoms with Crippen molar-refractivity contribution in [2.45, 2.75) is 0 Å². The number of hydrogen-bond acceptors (Lipinski definition) is 5. The average Bonchev–Trinajstić information content (AvgIpc) is 2.84. The van der Waals surface area contributed by atoms with Gasteiger partial charge in [0.05, 0.1) is 11.8 Å². The van der Waals surface area contributed by atoms with Crippen LogP contribution in [0.25, 0.3) is 22.6 Å². The number of hydrogen-bond donors (Lipinski definition) is 2. The van der Waals surface area contributed by atoms with Crippen LogP contribution in [-0.2, 0) is 7.05 Å². The van der Waals surface area contributed by atoms with E-state index in [2.05, 4.69) is 25.0 Å². The number of rotatable bonds is 1. The number of nitrogens with one attached hydrogen (secondary N) is 1. The molecule has 16 heavy (non-hydrogen) atoms. The molecule has 0 spiro atoms. The minimum absolute atomic E-state index is 0.396. The number of nitrogen functional groups attached to an aromatic ring is 1. The van der Waals surface area contributed by atoms with E-state index in [-0.39, 0.29) is 0 Å². The van der Waals surface area contributed by atoms with Crippen LogP contribution in [0.1, 0.15) is 0 Å². The summed E-state index contributed by atoms with van der Waals surface area (Å²) in [6.07, 6.45) is 4.98. The Bertz CT molecular complexity index is 651. The smallest absolute Gasteiger partial charge is 0.183 e. The van der Waals surface area contributed by atoms with Gasteiger partial charge in [-0.3, -0.25) is 4.68 Å². The van der Waals surface area contributed by atoms with Crippen LogP contribution in [0.4, 0.5) is 5.82 Å². The normalized spacial score (nSPS) is 11.1. The first kappa shape index (κ1) is 8.84. The Morgan fingerprint density at radius 2 is 2.25 bits per heavy atom. The van der Waals surface area contributed by atoms with Gasteiger partial charge in [-0.2, -0.15) is 5.10 Å². The summed E-state index contributed by atoms with van der Waals surface area (Å²) < 4.78 is 1.71. The van der Waals surface area contributed by atoms with Crippen LogP contribution in [0.3, 0.4) is 0 Å². The van der Waals surface area contributed by atoms with Gasteiger partial charge in [0.15, 0.2) is 11.5 Å². The van der Waals surface area contributed by atoms with E-state index in [9.17, 15) is 0 Å². The lowest BCUT2D eigenvalue weighted by Crippen LogP contribution is -1.91. The topological polar surface area (TPSA) is 98.3 Å². The highest BCUT2D eigenvalue weighted by Crippen LogP contribution is 2.20. The first-order valence-electron chi connectivity index (χ1n) is 4.69. The summed E-state index contributed by atoms with van der Waals surface area (Å²) in [5, 5.41) is 4.07. The number of nitrogens with zero attached hydrogens (tertiary/aromatic N) is 5. The molecule has 0 unspecified atom stereocenters. The summed E-state index contributed by atoms with van der Waals surface area (Å²) in [5.74, 6) is 1.09. The molecule has 0 aliphatic rings. The molecule has 80 valence electrons. The van der Waals surface area contributed by atoms with Crippen molar-refractivity contribution in [3.8, 4) is 11.4 Å². The highest BCUT2D eigenvalue weighted by Gasteiger charge is 2.09. The highest BCUT2D eigenvalue weighted by atomic mass is 15.2. The SMILES string of the molecule is Cn1cc(-c2nc3ncnc(N)c3[nH]2)cn1. The van der Waals surface area contributed by atoms with Crippen LogP contribution in [-0.4, -0.2) is 29.7 Å². The van der Waals surface area contributed by atoms with Gasteiger partial charge in [-0.25, -0.2) is 15.0 Å². The van der Waals surface area contributed by atoms with E-state index in [0.717, 1.165) is 5.56 Å². The maximum Gasteiger partial charge on any atom is 0.183 e. The van der Waals surface area contributed by atoms with Gasteiger partial charge >= 0.3 is 0 Å². The van der Waals surface area contributed by atoms with Gasteiger partial charge in [0.25, 0.3) is 0 Å². The molecule has 0 radical (unpaired) electrons. The Morgan fingerprint density at radius 1 is 1.38 bits per heavy atom. The van der Waals surface area contributed by atoms with Crippen LogP contribution < -0.4 is 5.73 Å². The lowest BCUT2D eigenvalue weighted by molar-refractivity contribution is 0.768. The zero-order valence-electron chi connectivity index (χ0n) is 8.55. The number of fused-ring (bicyclic) bond motifs is 1. The van der Waals surface area contributed by atoms with Crippen molar-refractivity contribution in [3.63, 3.8) is 0 Å². The second-order valence-electron chi connectivity index (χ2n) is 3.45. The monoisotopic (exact) mass is 215 g/mol. The van der Waals surface area contributed by atoms with E-state index in [0.29, 0.717) is 22.8 Å². The number of nitrogens with two attached hydrogens (primary N) is 1. The summed E-state index contributed by atoms with van der Waals surface area (Å²) in [6, 6.07) is 0. The molecule has 0 aliphatic heterocycles. The molecule has 0 atom stereocenters. The van der Waals surface area contributed by atoms with Crippen LogP contribution >= 0.6 is 0 Å². The molecule has 0 fully saturated rings. The molecule has 3 N–H and O–H groups in total. The maximum atomic E-state index is 5.71. The van der Waals surface area contributed by atoms with Crippen molar-refractivity contribution in [2.75, 3.05) is 5.73 Å². The summed E-state index contributed by atoms with van der Waals surface area (Å²) >= 11 is 0. The number of imidazole rings is 1. The Kier molecular flexibility index (Phi) is 1.67. The van der Waals surface area contributed by atoms with E-state index in [1.54, 1.807) is 10.9 Å². The molecule has 0 saturated heterocycles. The highest BCUT2D eigenvalue weighted by molar-refractivity contribution is 5.83. The van der Waals surface area contributed by atoms with Gasteiger partial charge in [0.2, 0.25) is 0 Å². The fourth-order valence-electron chi connectivity index (χ4n) is 1.53. The number of anilines is 1. The molecule has 7 nitrogen and oxygen atoms in total. The molecule has 0 amide bonds. The van der Waals surface area contributed by atoms with Crippen molar-refractivity contribution >= 4 is 17.0 Å². The molecular weight excluding hydrogens is 206 g/mol. The van der Waals surface area contributed by atoms with Crippen molar-refractivity contribution < 1.29 is 0 Å². The molecule has 0 saturated carbocycles. The molecule has 0 bridgehead atoms. The predicted molar refractivity (Wildman–Crippen MR) is 58.3 cm³/mol. The number of aromatic amines is 1. The Balaban J connectivity index is 2.22. The number of aromatic nitrogens is 6. The molecule has 3 rings (SSSR count). The van der Waals surface area contributed by atoms with E-state index >= 15 is 0 Å². The third-order valence-corrected chi connectivity index (χ3v) is 2.30. The van der Waals surface area contributed by atoms with Crippen LogP contribution in [0.5, 0.6) is 0 Å². The quantitative estimate of drug-likeness (QED) is 0.609. The molecule has 0 aliphatic carbocycles. The first-order valence-corrected chi connectivity index (χ1v) is 4.69. The van der Waals surface area contributed by atoms with E-state index < -0.39 is 0 Å². The Morgan fingerprint density at radius 3 is 2.94 bits per heavy atom. The minimum atomic E-state index is 0.396. The molecule has 3 aromatic heterocycles. The van der Waals surface area contributed by atoms with Crippen LogP contribution in [0, 0.1) is 0 Å². The van der Waals surface area contributed by atoms with Crippen molar-refractivity contribution in [1.82, 2.24) is 29.7 Å². The standard InChI is InChI=1S/C9H9N7/c1-16-3-5(2-13-16)8-14-6-7(10)11-4-12-9(6)15-8/h2-4H,1H3,(H3,10,11,12,14,15). The minimum Gasteiger partial charge on any atom is -0.382 e. The fraction of sp³-hybridized carbons (Fsp3) is 0.111. The summed E-state index contributed by atoms with van der Waals surface area (Å²) in [4.78, 5) is 15.3. The molecule has 7 heteroatoms. The fourth-order valence-corrected chi connectivity index (χ4v) is 1.53. The van der Waals surface area contributed by atoms with Gasteiger partial charge < -0.3 is 10.7 Å². The van der Waals surface area contributed by atoms with E-state index in [1.165, 1.54) is 6.33 Å². The Hall–Kier alpha value is -2.44. The number of H-pyrrole nitrogens is 1. The van der Waals surface area contributed by atoms with Gasteiger partial charge in [-0.1, -0.05) is 0 Å². The third-order valence-electron chi connectivity index (χ3n) is 2.30. The maximum absolute atomic E-state index is 5.71. The lowest BCUT2D eigenvalue weighted by atomic mass is 10.3. The lowest BCUT2D eigenvalue weighted by Gasteiger charge is -1.90. The van der Waals surface area contributed by atoms with Crippen LogP contribution in [0.2, 0.25) is 0 Å². The molecular formula is C9H9N7. The van der Waals surface area contributed by atoms with E-state index in [4.69, 9.17) is 5.73 Å². The molecule has 0 aromatic carbocycles. The third kappa shape index (κ3) is 1.22. The predicted octanol–water partition coefficient (Wildman–Crippen LogP) is 0.336. The molecule has 3 heterocycles. The largest absolute Gasteiger partial charge is 0.382 e. The van der Waals surface area contributed by atoms with Crippen molar-refractivity contribution in [1.29, 1.82) is 0 Å². The van der Waals surface area contributed by atoms with Crippen LogP contribution in [0.15, 0.2) is 18.7 Å². The number of aryl methyl sites for hydroxylation is 1. The summed E-state index contributed by atoms with van der Waals surface area (Å²) in [7, 11) is 1.85. The Labute approximate surface area is 90.4 Å².